The Balaban J connectivity index is 1.60. The minimum atomic E-state index is -4.69. The molecule has 0 radical (unpaired) electrons. The first-order chi connectivity index (χ1) is 15.3. The summed E-state index contributed by atoms with van der Waals surface area (Å²) in [5.74, 6) is -2.03. The Morgan fingerprint density at radius 3 is 2.47 bits per heavy atom. The molecule has 9 heteroatoms. The number of benzene rings is 3. The fraction of sp³-hybridized carbons (Fsp3) is 0.174. The van der Waals surface area contributed by atoms with Crippen LogP contribution in [0.2, 0.25) is 0 Å². The lowest BCUT2D eigenvalue weighted by Gasteiger charge is -2.13. The molecule has 164 valence electrons. The molecule has 1 aliphatic rings. The Kier molecular flexibility index (Phi) is 4.58. The van der Waals surface area contributed by atoms with Crippen LogP contribution in [0.1, 0.15) is 23.0 Å². The molecule has 5 rings (SSSR count). The number of hydrogen-bond acceptors (Lipinski definition) is 3. The third-order valence-corrected chi connectivity index (χ3v) is 5.56. The Hall–Kier alpha value is -3.62. The summed E-state index contributed by atoms with van der Waals surface area (Å²) < 4.78 is 75.9. The van der Waals surface area contributed by atoms with Gasteiger partial charge in [0.25, 0.3) is 0 Å². The number of nitrogens with one attached hydrogen (secondary N) is 1. The normalized spacial score (nSPS) is 15.6. The smallest absolute Gasteiger partial charge is 0.450 e. The fourth-order valence-electron chi connectivity index (χ4n) is 4.14. The van der Waals surface area contributed by atoms with Gasteiger partial charge in [-0.1, -0.05) is 6.07 Å². The number of anilines is 1. The predicted octanol–water partition coefficient (Wildman–Crippen LogP) is 6.04. The van der Waals surface area contributed by atoms with E-state index in [2.05, 4.69) is 10.3 Å². The molecule has 1 N–H and O–H groups in total. The summed E-state index contributed by atoms with van der Waals surface area (Å²) in [6.07, 6.45) is -4.47. The van der Waals surface area contributed by atoms with Crippen LogP contribution in [-0.4, -0.2) is 16.7 Å². The van der Waals surface area contributed by atoms with E-state index in [1.807, 2.05) is 0 Å². The van der Waals surface area contributed by atoms with Crippen LogP contribution in [0.5, 0.6) is 5.75 Å². The molecular formula is C23H16F5N3O. The highest BCUT2D eigenvalue weighted by Gasteiger charge is 2.38. The minimum absolute atomic E-state index is 0.0959. The van der Waals surface area contributed by atoms with Gasteiger partial charge in [0.2, 0.25) is 5.82 Å². The number of methoxy groups -OCH3 is 1. The standard InChI is InChI=1S/C23H16F5N3O/c1-32-14-6-8-20-18(11-14)30-22(23(26,27)28)31(20)13-5-7-17-12(9-13)10-19(29-17)21-15(24)3-2-4-16(21)25/h2-9,11,19,29H,10H2,1H3. The van der Waals surface area contributed by atoms with Gasteiger partial charge in [-0.15, -0.1) is 0 Å². The van der Waals surface area contributed by atoms with Crippen LogP contribution in [0, 0.1) is 11.6 Å². The van der Waals surface area contributed by atoms with Crippen LogP contribution >= 0.6 is 0 Å². The number of ether oxygens (including phenoxy) is 1. The van der Waals surface area contributed by atoms with E-state index in [9.17, 15) is 22.0 Å². The van der Waals surface area contributed by atoms with E-state index < -0.39 is 29.7 Å². The average molecular weight is 445 g/mol. The Morgan fingerprint density at radius 2 is 1.78 bits per heavy atom. The molecule has 0 aliphatic carbocycles. The number of nitrogens with zero attached hydrogens (tertiary/aromatic N) is 2. The second kappa shape index (κ2) is 7.22. The zero-order valence-electron chi connectivity index (χ0n) is 16.7. The molecule has 1 atom stereocenters. The Bertz CT molecular complexity index is 1330. The summed E-state index contributed by atoms with van der Waals surface area (Å²) in [7, 11) is 1.42. The number of hydrogen-bond donors (Lipinski definition) is 1. The minimum Gasteiger partial charge on any atom is -0.497 e. The monoisotopic (exact) mass is 445 g/mol. The van der Waals surface area contributed by atoms with Crippen molar-refractivity contribution in [3.8, 4) is 11.4 Å². The third kappa shape index (κ3) is 3.24. The molecule has 2 heterocycles. The molecule has 0 spiro atoms. The van der Waals surface area contributed by atoms with Crippen molar-refractivity contribution in [1.29, 1.82) is 0 Å². The van der Waals surface area contributed by atoms with Crippen LogP contribution in [0.4, 0.5) is 27.6 Å². The van der Waals surface area contributed by atoms with E-state index in [1.165, 1.54) is 43.5 Å². The van der Waals surface area contributed by atoms with E-state index in [1.54, 1.807) is 18.2 Å². The zero-order chi connectivity index (χ0) is 22.6. The van der Waals surface area contributed by atoms with Crippen molar-refractivity contribution in [3.05, 3.63) is 83.2 Å². The highest BCUT2D eigenvalue weighted by atomic mass is 19.4. The van der Waals surface area contributed by atoms with Crippen molar-refractivity contribution in [2.75, 3.05) is 12.4 Å². The highest BCUT2D eigenvalue weighted by Crippen LogP contribution is 2.39. The summed E-state index contributed by atoms with van der Waals surface area (Å²) in [6, 6.07) is 12.2. The largest absolute Gasteiger partial charge is 0.497 e. The van der Waals surface area contributed by atoms with Crippen LogP contribution in [-0.2, 0) is 12.6 Å². The molecule has 0 bridgehead atoms. The SMILES string of the molecule is COc1ccc2c(c1)nc(C(F)(F)F)n2-c1ccc2c(c1)CC(c1c(F)cccc1F)N2. The molecule has 1 aliphatic heterocycles. The van der Waals surface area contributed by atoms with Gasteiger partial charge in [0.15, 0.2) is 0 Å². The van der Waals surface area contributed by atoms with Gasteiger partial charge >= 0.3 is 6.18 Å². The van der Waals surface area contributed by atoms with Gasteiger partial charge in [0.1, 0.15) is 17.4 Å². The van der Waals surface area contributed by atoms with Crippen LogP contribution in [0.3, 0.4) is 0 Å². The molecule has 4 nitrogen and oxygen atoms in total. The molecule has 32 heavy (non-hydrogen) atoms. The highest BCUT2D eigenvalue weighted by molar-refractivity contribution is 5.80. The lowest BCUT2D eigenvalue weighted by molar-refractivity contribution is -0.145. The van der Waals surface area contributed by atoms with Crippen LogP contribution in [0.25, 0.3) is 16.7 Å². The van der Waals surface area contributed by atoms with Gasteiger partial charge in [-0.25, -0.2) is 13.8 Å². The second-order valence-corrected chi connectivity index (χ2v) is 7.50. The fourth-order valence-corrected chi connectivity index (χ4v) is 4.14. The first kappa shape index (κ1) is 20.3. The molecule has 1 aromatic heterocycles. The van der Waals surface area contributed by atoms with Crippen molar-refractivity contribution in [3.63, 3.8) is 0 Å². The lowest BCUT2D eigenvalue weighted by Crippen LogP contribution is -2.14. The predicted molar refractivity (Wildman–Crippen MR) is 109 cm³/mol. The van der Waals surface area contributed by atoms with Crippen molar-refractivity contribution in [1.82, 2.24) is 9.55 Å². The van der Waals surface area contributed by atoms with E-state index in [0.717, 1.165) is 4.57 Å². The summed E-state index contributed by atoms with van der Waals surface area (Å²) >= 11 is 0. The van der Waals surface area contributed by atoms with Crippen molar-refractivity contribution < 1.29 is 26.7 Å². The topological polar surface area (TPSA) is 39.1 Å². The number of aromatic nitrogens is 2. The molecule has 0 fully saturated rings. The van der Waals surface area contributed by atoms with Crippen molar-refractivity contribution in [2.45, 2.75) is 18.6 Å². The summed E-state index contributed by atoms with van der Waals surface area (Å²) in [5.41, 5.74) is 1.82. The summed E-state index contributed by atoms with van der Waals surface area (Å²) in [4.78, 5) is 3.79. The lowest BCUT2D eigenvalue weighted by atomic mass is 10.0. The molecule has 0 saturated carbocycles. The van der Waals surface area contributed by atoms with Gasteiger partial charge in [-0.3, -0.25) is 4.57 Å². The summed E-state index contributed by atoms with van der Waals surface area (Å²) in [6.45, 7) is 0. The number of imidazole rings is 1. The molecule has 3 aromatic carbocycles. The van der Waals surface area contributed by atoms with Gasteiger partial charge in [0, 0.05) is 23.0 Å². The molecular weight excluding hydrogens is 429 g/mol. The van der Waals surface area contributed by atoms with Crippen molar-refractivity contribution in [2.24, 2.45) is 0 Å². The Labute approximate surface area is 179 Å². The van der Waals surface area contributed by atoms with Gasteiger partial charge in [-0.2, -0.15) is 13.2 Å². The van der Waals surface area contributed by atoms with Gasteiger partial charge in [0.05, 0.1) is 24.2 Å². The first-order valence-corrected chi connectivity index (χ1v) is 9.73. The van der Waals surface area contributed by atoms with Gasteiger partial charge in [-0.05, 0) is 54.4 Å². The molecule has 0 saturated heterocycles. The third-order valence-electron chi connectivity index (χ3n) is 5.56. The van der Waals surface area contributed by atoms with E-state index in [0.29, 0.717) is 17.0 Å². The zero-order valence-corrected chi connectivity index (χ0v) is 16.7. The number of fused-ring (bicyclic) bond motifs is 2. The van der Waals surface area contributed by atoms with E-state index in [4.69, 9.17) is 4.74 Å². The van der Waals surface area contributed by atoms with Crippen molar-refractivity contribution >= 4 is 16.7 Å². The second-order valence-electron chi connectivity index (χ2n) is 7.50. The quantitative estimate of drug-likeness (QED) is 0.391. The summed E-state index contributed by atoms with van der Waals surface area (Å²) in [5, 5.41) is 3.06. The number of rotatable bonds is 3. The maximum atomic E-state index is 14.2. The molecule has 0 amide bonds. The van der Waals surface area contributed by atoms with Crippen LogP contribution in [0.15, 0.2) is 54.6 Å². The van der Waals surface area contributed by atoms with E-state index >= 15 is 0 Å². The van der Waals surface area contributed by atoms with Crippen LogP contribution < -0.4 is 10.1 Å². The first-order valence-electron chi connectivity index (χ1n) is 9.73. The van der Waals surface area contributed by atoms with E-state index in [-0.39, 0.29) is 28.7 Å². The number of halogens is 5. The number of alkyl halides is 3. The molecule has 4 aromatic rings. The maximum absolute atomic E-state index is 14.2. The molecule has 1 unspecified atom stereocenters. The average Bonchev–Trinajstić information content (AvgIpc) is 3.33. The maximum Gasteiger partial charge on any atom is 0.450 e. The van der Waals surface area contributed by atoms with Gasteiger partial charge < -0.3 is 10.1 Å². The Morgan fingerprint density at radius 1 is 1.03 bits per heavy atom.